The molecule has 0 aliphatic carbocycles. The molecule has 3 aliphatic rings. The van der Waals surface area contributed by atoms with Crippen molar-refractivity contribution in [2.75, 3.05) is 6.54 Å². The fourth-order valence-electron chi connectivity index (χ4n) is 5.22. The van der Waals surface area contributed by atoms with Gasteiger partial charge >= 0.3 is 29.6 Å². The summed E-state index contributed by atoms with van der Waals surface area (Å²) in [6.45, 7) is 2.57. The first kappa shape index (κ1) is 23.9. The maximum atomic E-state index is 13.4. The van der Waals surface area contributed by atoms with Crippen LogP contribution in [-0.2, 0) is 19.6 Å². The molecule has 33 heavy (non-hydrogen) atoms. The zero-order valence-corrected chi connectivity index (χ0v) is 21.0. The fourth-order valence-corrected chi connectivity index (χ4v) is 6.82. The Balaban J connectivity index is 0.00000259. The number of fused-ring (bicyclic) bond motifs is 1. The zero-order valence-electron chi connectivity index (χ0n) is 18.2. The minimum Gasteiger partial charge on any atom is -0.543 e. The molecule has 0 bridgehead atoms. The summed E-state index contributed by atoms with van der Waals surface area (Å²) < 4.78 is 27.4. The van der Waals surface area contributed by atoms with E-state index in [2.05, 4.69) is 0 Å². The number of carboxylic acid groups (broad SMARTS) is 1. The molecular weight excluding hydrogens is 459 g/mol. The van der Waals surface area contributed by atoms with E-state index in [4.69, 9.17) is 0 Å². The van der Waals surface area contributed by atoms with Crippen molar-refractivity contribution in [2.24, 2.45) is 11.8 Å². The molecule has 11 heteroatoms. The summed E-state index contributed by atoms with van der Waals surface area (Å²) >= 11 is 0. The molecule has 0 aromatic heterocycles. The van der Waals surface area contributed by atoms with Crippen LogP contribution >= 0.6 is 0 Å². The molecule has 2 aromatic carbocycles. The van der Waals surface area contributed by atoms with E-state index in [1.54, 1.807) is 31.2 Å². The Morgan fingerprint density at radius 3 is 2.42 bits per heavy atom. The minimum atomic E-state index is -4.27. The molecule has 0 unspecified atom stereocenters. The number of amides is 2. The van der Waals surface area contributed by atoms with Gasteiger partial charge in [0.1, 0.15) is 0 Å². The number of aliphatic hydroxyl groups is 1. The van der Waals surface area contributed by atoms with Crippen molar-refractivity contribution in [2.45, 2.75) is 30.9 Å². The Morgan fingerprint density at radius 1 is 1.18 bits per heavy atom. The SMILES string of the molecule is C[C@@H](O)[C@H]1C(=O)N2C(C(=O)[O-])=C(CN3C(=O)c4cccc5cccc(c45)S3(=O)=O)[C@H](C)[C@H]12.[Na+]. The van der Waals surface area contributed by atoms with Crippen LogP contribution in [0.2, 0.25) is 0 Å². The first-order valence-corrected chi connectivity index (χ1v) is 11.6. The number of hydrogen-bond acceptors (Lipinski definition) is 7. The number of aliphatic hydroxyl groups excluding tert-OH is 1. The monoisotopic (exact) mass is 478 g/mol. The zero-order chi connectivity index (χ0) is 23.1. The van der Waals surface area contributed by atoms with Crippen LogP contribution in [0.15, 0.2) is 52.6 Å². The largest absolute Gasteiger partial charge is 1.00 e. The predicted molar refractivity (Wildman–Crippen MR) is 109 cm³/mol. The van der Waals surface area contributed by atoms with Crippen LogP contribution in [-0.4, -0.2) is 59.2 Å². The van der Waals surface area contributed by atoms with Gasteiger partial charge in [0.2, 0.25) is 5.91 Å². The van der Waals surface area contributed by atoms with Crippen molar-refractivity contribution >= 4 is 38.6 Å². The second-order valence-electron chi connectivity index (χ2n) is 8.39. The van der Waals surface area contributed by atoms with Crippen molar-refractivity contribution in [1.29, 1.82) is 0 Å². The molecule has 3 heterocycles. The third-order valence-electron chi connectivity index (χ3n) is 6.71. The maximum absolute atomic E-state index is 13.4. The molecule has 0 spiro atoms. The number of carbonyl (C=O) groups excluding carboxylic acids is 3. The van der Waals surface area contributed by atoms with Crippen molar-refractivity contribution < 1.29 is 62.6 Å². The topological polar surface area (TPSA) is 135 Å². The normalized spacial score (nSPS) is 26.1. The maximum Gasteiger partial charge on any atom is 1.00 e. The van der Waals surface area contributed by atoms with Crippen LogP contribution in [0.4, 0.5) is 0 Å². The van der Waals surface area contributed by atoms with E-state index in [0.717, 1.165) is 4.90 Å². The number of rotatable bonds is 4. The predicted octanol–water partition coefficient (Wildman–Crippen LogP) is -3.15. The van der Waals surface area contributed by atoms with Crippen molar-refractivity contribution in [3.8, 4) is 0 Å². The molecule has 1 fully saturated rings. The van der Waals surface area contributed by atoms with E-state index in [0.29, 0.717) is 15.1 Å². The number of carbonyl (C=O) groups is 3. The van der Waals surface area contributed by atoms with Gasteiger partial charge in [-0.3, -0.25) is 9.59 Å². The summed E-state index contributed by atoms with van der Waals surface area (Å²) in [6, 6.07) is 8.96. The van der Waals surface area contributed by atoms with Crippen LogP contribution in [0.25, 0.3) is 10.8 Å². The van der Waals surface area contributed by atoms with E-state index in [1.807, 2.05) is 0 Å². The number of β-lactam (4-membered cyclic amide) rings is 1. The van der Waals surface area contributed by atoms with Gasteiger partial charge in [-0.25, -0.2) is 12.7 Å². The number of hydrogen-bond donors (Lipinski definition) is 1. The summed E-state index contributed by atoms with van der Waals surface area (Å²) in [5, 5.41) is 22.8. The second-order valence-corrected chi connectivity index (χ2v) is 10.2. The number of carboxylic acids is 1. The quantitative estimate of drug-likeness (QED) is 0.362. The molecule has 5 rings (SSSR count). The van der Waals surface area contributed by atoms with E-state index in [1.165, 1.54) is 19.1 Å². The second kappa shape index (κ2) is 7.92. The summed E-state index contributed by atoms with van der Waals surface area (Å²) in [4.78, 5) is 38.7. The Hall–Kier alpha value is -2.24. The van der Waals surface area contributed by atoms with Crippen LogP contribution < -0.4 is 34.7 Å². The smallest absolute Gasteiger partial charge is 0.543 e. The van der Waals surface area contributed by atoms with Gasteiger partial charge < -0.3 is 19.9 Å². The van der Waals surface area contributed by atoms with Crippen LogP contribution in [0.3, 0.4) is 0 Å². The summed E-state index contributed by atoms with van der Waals surface area (Å²) in [5.41, 5.74) is -0.116. The molecule has 2 aromatic rings. The standard InChI is InChI=1S/C22H20N2O7S.Na/c1-10-14(19(22(28)29)24-18(10)16(11(2)25)21(24)27)9-23-20(26)13-7-3-5-12-6-4-8-15(17(12)13)32(23,30)31;/h3-8,10-11,16,18,25H,9H2,1-2H3,(H,28,29);/q;+1/p-1/t10-,11+,16+,18+;/m0./s1. The van der Waals surface area contributed by atoms with E-state index >= 15 is 0 Å². The van der Waals surface area contributed by atoms with Crippen LogP contribution in [0.1, 0.15) is 24.2 Å². The average molecular weight is 478 g/mol. The van der Waals surface area contributed by atoms with Gasteiger partial charge in [0, 0.05) is 16.9 Å². The molecule has 4 atom stereocenters. The van der Waals surface area contributed by atoms with Gasteiger partial charge in [0.15, 0.2) is 0 Å². The van der Waals surface area contributed by atoms with Crippen molar-refractivity contribution in [3.63, 3.8) is 0 Å². The average Bonchev–Trinajstić information content (AvgIpc) is 2.97. The fraction of sp³-hybridized carbons (Fsp3) is 0.318. The van der Waals surface area contributed by atoms with Gasteiger partial charge in [0.05, 0.1) is 41.2 Å². The van der Waals surface area contributed by atoms with Gasteiger partial charge in [-0.2, -0.15) is 0 Å². The molecule has 1 N–H and O–H groups in total. The van der Waals surface area contributed by atoms with Crippen molar-refractivity contribution in [3.05, 3.63) is 53.2 Å². The van der Waals surface area contributed by atoms with E-state index in [9.17, 15) is 33.0 Å². The molecule has 166 valence electrons. The molecule has 1 saturated heterocycles. The molecule has 9 nitrogen and oxygen atoms in total. The summed E-state index contributed by atoms with van der Waals surface area (Å²) in [6.07, 6.45) is -1.00. The van der Waals surface area contributed by atoms with E-state index < -0.39 is 64.0 Å². The third-order valence-corrected chi connectivity index (χ3v) is 8.49. The van der Waals surface area contributed by atoms with Crippen LogP contribution in [0.5, 0.6) is 0 Å². The van der Waals surface area contributed by atoms with Gasteiger partial charge in [-0.05, 0) is 30.0 Å². The molecule has 0 radical (unpaired) electrons. The number of benzene rings is 2. The molecule has 2 amide bonds. The third kappa shape index (κ3) is 3.12. The van der Waals surface area contributed by atoms with Gasteiger partial charge in [-0.15, -0.1) is 0 Å². The summed E-state index contributed by atoms with van der Waals surface area (Å²) in [5.74, 6) is -4.35. The number of aliphatic carboxylic acids is 1. The Morgan fingerprint density at radius 2 is 1.82 bits per heavy atom. The van der Waals surface area contributed by atoms with Crippen molar-refractivity contribution in [1.82, 2.24) is 9.21 Å². The first-order valence-electron chi connectivity index (χ1n) is 10.1. The van der Waals surface area contributed by atoms with E-state index in [-0.39, 0.29) is 45.6 Å². The molecule has 3 aliphatic heterocycles. The number of sulfonamides is 1. The Labute approximate surface area is 212 Å². The van der Waals surface area contributed by atoms with Gasteiger partial charge in [-0.1, -0.05) is 31.2 Å². The first-order chi connectivity index (χ1) is 15.1. The Kier molecular flexibility index (Phi) is 5.73. The number of nitrogens with zero attached hydrogens (tertiary/aromatic N) is 2. The van der Waals surface area contributed by atoms with Gasteiger partial charge in [0.25, 0.3) is 15.9 Å². The molecular formula is C22H19N2NaO7S. The molecule has 0 saturated carbocycles. The minimum absolute atomic E-state index is 0. The summed E-state index contributed by atoms with van der Waals surface area (Å²) in [7, 11) is -4.27. The Bertz CT molecular complexity index is 1360. The van der Waals surface area contributed by atoms with Crippen LogP contribution in [0, 0.1) is 11.8 Å².